The molecule has 2 aliphatic rings. The molecular formula is C13H15Br. The van der Waals surface area contributed by atoms with E-state index in [0.717, 1.165) is 16.7 Å². The summed E-state index contributed by atoms with van der Waals surface area (Å²) in [4.78, 5) is 0.743. The van der Waals surface area contributed by atoms with Crippen LogP contribution in [0.4, 0.5) is 0 Å². The van der Waals surface area contributed by atoms with Gasteiger partial charge < -0.3 is 0 Å². The quantitative estimate of drug-likeness (QED) is 0.662. The molecule has 0 aliphatic heterocycles. The molecule has 0 radical (unpaired) electrons. The molecule has 1 aromatic rings. The Labute approximate surface area is 93.8 Å². The third kappa shape index (κ3) is 1.05. The zero-order valence-corrected chi connectivity index (χ0v) is 10.0. The topological polar surface area (TPSA) is 0 Å². The highest BCUT2D eigenvalue weighted by Gasteiger charge is 2.43. The number of hydrogen-bond donors (Lipinski definition) is 0. The maximum absolute atomic E-state index is 3.83. The highest BCUT2D eigenvalue weighted by atomic mass is 79.9. The molecule has 0 heterocycles. The molecule has 0 aromatic heterocycles. The number of benzene rings is 1. The van der Waals surface area contributed by atoms with Gasteiger partial charge in [0.15, 0.2) is 0 Å². The fourth-order valence-electron chi connectivity index (χ4n) is 3.29. The molecule has 0 saturated heterocycles. The Morgan fingerprint density at radius 3 is 3.00 bits per heavy atom. The van der Waals surface area contributed by atoms with E-state index in [0.29, 0.717) is 0 Å². The Bertz CT molecular complexity index is 369. The van der Waals surface area contributed by atoms with Crippen molar-refractivity contribution < 1.29 is 0 Å². The molecule has 0 amide bonds. The summed E-state index contributed by atoms with van der Waals surface area (Å²) >= 11 is 3.83. The first-order valence-corrected chi connectivity index (χ1v) is 6.48. The lowest BCUT2D eigenvalue weighted by Crippen LogP contribution is -2.11. The smallest absolute Gasteiger partial charge is 0.0220 e. The molecule has 3 atom stereocenters. The van der Waals surface area contributed by atoms with Crippen LogP contribution in [0.3, 0.4) is 0 Å². The molecule has 3 rings (SSSR count). The van der Waals surface area contributed by atoms with Crippen molar-refractivity contribution in [1.82, 2.24) is 0 Å². The molecule has 0 N–H and O–H groups in total. The van der Waals surface area contributed by atoms with E-state index in [1.54, 1.807) is 16.7 Å². The fraction of sp³-hybridized carbons (Fsp3) is 0.538. The van der Waals surface area contributed by atoms with Gasteiger partial charge in [0.2, 0.25) is 0 Å². The summed E-state index contributed by atoms with van der Waals surface area (Å²) in [6.45, 7) is 2.27. The fourth-order valence-corrected chi connectivity index (χ4v) is 4.22. The molecule has 0 nitrogen and oxygen atoms in total. The van der Waals surface area contributed by atoms with Gasteiger partial charge in [0, 0.05) is 4.83 Å². The van der Waals surface area contributed by atoms with Crippen molar-refractivity contribution in [1.29, 1.82) is 0 Å². The molecule has 1 aromatic carbocycles. The van der Waals surface area contributed by atoms with E-state index in [4.69, 9.17) is 0 Å². The third-order valence-electron chi connectivity index (χ3n) is 3.91. The first-order valence-electron chi connectivity index (χ1n) is 5.57. The van der Waals surface area contributed by atoms with E-state index in [1.807, 2.05) is 0 Å². The van der Waals surface area contributed by atoms with Gasteiger partial charge in [-0.2, -0.15) is 0 Å². The van der Waals surface area contributed by atoms with Gasteiger partial charge in [0.1, 0.15) is 0 Å². The van der Waals surface area contributed by atoms with Crippen molar-refractivity contribution in [3.63, 3.8) is 0 Å². The molecule has 0 spiro atoms. The average molecular weight is 251 g/mol. The molecule has 3 unspecified atom stereocenters. The van der Waals surface area contributed by atoms with Crippen LogP contribution in [0.15, 0.2) is 18.2 Å². The van der Waals surface area contributed by atoms with Crippen LogP contribution in [0.5, 0.6) is 0 Å². The molecule has 74 valence electrons. The van der Waals surface area contributed by atoms with Crippen molar-refractivity contribution in [2.24, 2.45) is 0 Å². The number of halogens is 1. The number of fused-ring (bicyclic) bond motifs is 5. The van der Waals surface area contributed by atoms with Crippen molar-refractivity contribution in [3.8, 4) is 0 Å². The number of hydrogen-bond acceptors (Lipinski definition) is 0. The predicted octanol–water partition coefficient (Wildman–Crippen LogP) is 3.99. The van der Waals surface area contributed by atoms with Crippen molar-refractivity contribution in [3.05, 3.63) is 34.9 Å². The highest BCUT2D eigenvalue weighted by molar-refractivity contribution is 9.09. The van der Waals surface area contributed by atoms with Gasteiger partial charge in [-0.1, -0.05) is 41.1 Å². The monoisotopic (exact) mass is 250 g/mol. The van der Waals surface area contributed by atoms with Gasteiger partial charge >= 0.3 is 0 Å². The van der Waals surface area contributed by atoms with Gasteiger partial charge in [-0.25, -0.2) is 0 Å². The van der Waals surface area contributed by atoms with Crippen LogP contribution in [0.2, 0.25) is 0 Å². The summed E-state index contributed by atoms with van der Waals surface area (Å²) in [7, 11) is 0. The Balaban J connectivity index is 2.17. The number of rotatable bonds is 1. The van der Waals surface area contributed by atoms with Crippen molar-refractivity contribution in [2.75, 3.05) is 0 Å². The van der Waals surface area contributed by atoms with Crippen LogP contribution in [-0.2, 0) is 6.42 Å². The largest absolute Gasteiger partial charge is 0.0884 e. The van der Waals surface area contributed by atoms with Gasteiger partial charge in [-0.05, 0) is 47.8 Å². The second-order valence-electron chi connectivity index (χ2n) is 4.56. The average Bonchev–Trinajstić information content (AvgIpc) is 2.74. The Kier molecular flexibility index (Phi) is 1.98. The Morgan fingerprint density at radius 2 is 2.21 bits per heavy atom. The first kappa shape index (κ1) is 8.96. The maximum Gasteiger partial charge on any atom is 0.0220 e. The minimum atomic E-state index is 0.743. The standard InChI is InChI=1S/C13H15Br/c1-2-8-4-3-5-10-9-6-11(13(8)10)12(14)7-9/h3-5,9,11-12H,2,6-7H2,1H3. The minimum absolute atomic E-state index is 0.743. The zero-order valence-electron chi connectivity index (χ0n) is 8.46. The summed E-state index contributed by atoms with van der Waals surface area (Å²) in [5.74, 6) is 1.66. The van der Waals surface area contributed by atoms with Crippen LogP contribution in [0, 0.1) is 0 Å². The predicted molar refractivity (Wildman–Crippen MR) is 63.3 cm³/mol. The van der Waals surface area contributed by atoms with Crippen LogP contribution >= 0.6 is 15.9 Å². The lowest BCUT2D eigenvalue weighted by molar-refractivity contribution is 0.735. The molecular weight excluding hydrogens is 236 g/mol. The molecule has 2 aliphatic carbocycles. The molecule has 1 heteroatoms. The summed E-state index contributed by atoms with van der Waals surface area (Å²) in [6.07, 6.45) is 3.93. The minimum Gasteiger partial charge on any atom is -0.0884 e. The summed E-state index contributed by atoms with van der Waals surface area (Å²) in [6, 6.07) is 6.89. The van der Waals surface area contributed by atoms with Crippen molar-refractivity contribution in [2.45, 2.75) is 42.8 Å². The Morgan fingerprint density at radius 1 is 1.36 bits per heavy atom. The lowest BCUT2D eigenvalue weighted by Gasteiger charge is -2.22. The molecule has 14 heavy (non-hydrogen) atoms. The van der Waals surface area contributed by atoms with E-state index >= 15 is 0 Å². The summed E-state index contributed by atoms with van der Waals surface area (Å²) in [5, 5.41) is 0. The van der Waals surface area contributed by atoms with E-state index in [9.17, 15) is 0 Å². The van der Waals surface area contributed by atoms with Gasteiger partial charge in [0.05, 0.1) is 0 Å². The van der Waals surface area contributed by atoms with Crippen LogP contribution in [0.25, 0.3) is 0 Å². The zero-order chi connectivity index (χ0) is 9.71. The second-order valence-corrected chi connectivity index (χ2v) is 5.74. The van der Waals surface area contributed by atoms with Crippen LogP contribution in [0.1, 0.15) is 48.3 Å². The maximum atomic E-state index is 3.83. The van der Waals surface area contributed by atoms with Crippen molar-refractivity contribution >= 4 is 15.9 Å². The SMILES string of the molecule is CCc1cccc2c1C1CC2CC1Br. The summed E-state index contributed by atoms with van der Waals surface area (Å²) < 4.78 is 0. The lowest BCUT2D eigenvalue weighted by atomic mass is 9.87. The van der Waals surface area contributed by atoms with E-state index in [-0.39, 0.29) is 0 Å². The number of alkyl halides is 1. The van der Waals surface area contributed by atoms with Gasteiger partial charge in [0.25, 0.3) is 0 Å². The van der Waals surface area contributed by atoms with Crippen LogP contribution in [-0.4, -0.2) is 4.83 Å². The van der Waals surface area contributed by atoms with E-state index in [1.165, 1.54) is 19.3 Å². The third-order valence-corrected chi connectivity index (χ3v) is 4.92. The molecule has 1 fully saturated rings. The highest BCUT2D eigenvalue weighted by Crippen LogP contribution is 2.56. The van der Waals surface area contributed by atoms with Gasteiger partial charge in [-0.15, -0.1) is 0 Å². The van der Waals surface area contributed by atoms with E-state index < -0.39 is 0 Å². The Hall–Kier alpha value is -0.300. The number of aryl methyl sites for hydroxylation is 1. The second kappa shape index (κ2) is 3.10. The molecule has 2 bridgehead atoms. The normalized spacial score (nSPS) is 33.4. The van der Waals surface area contributed by atoms with Crippen LogP contribution < -0.4 is 0 Å². The molecule has 1 saturated carbocycles. The van der Waals surface area contributed by atoms with Gasteiger partial charge in [-0.3, -0.25) is 0 Å². The summed E-state index contributed by atoms with van der Waals surface area (Å²) in [5.41, 5.74) is 4.93. The first-order chi connectivity index (χ1) is 6.81. The van der Waals surface area contributed by atoms with E-state index in [2.05, 4.69) is 41.1 Å².